The van der Waals surface area contributed by atoms with Crippen LogP contribution in [-0.4, -0.2) is 0 Å². The van der Waals surface area contributed by atoms with Crippen molar-refractivity contribution in [3.8, 4) is 24.7 Å². The number of thiophene rings is 1. The first kappa shape index (κ1) is 6.93. The Morgan fingerprint density at radius 2 is 2.10 bits per heavy atom. The summed E-state index contributed by atoms with van der Waals surface area (Å²) in [5.41, 5.74) is 1.10. The van der Waals surface area contributed by atoms with E-state index in [9.17, 15) is 0 Å². The van der Waals surface area contributed by atoms with Crippen molar-refractivity contribution < 1.29 is 0 Å². The Kier molecular flexibility index (Phi) is 1.81. The molecule has 1 aromatic heterocycles. The third-order valence-corrected chi connectivity index (χ3v) is 2.29. The quantitative estimate of drug-likeness (QED) is 0.491. The maximum atomic E-state index is 5.21. The van der Waals surface area contributed by atoms with Gasteiger partial charge in [0.1, 0.15) is 0 Å². The second-order valence-corrected chi connectivity index (χ2v) is 2.96. The van der Waals surface area contributed by atoms with E-state index in [1.807, 2.05) is 13.0 Å². The Hall–Kier alpha value is -1.18. The van der Waals surface area contributed by atoms with E-state index in [-0.39, 0.29) is 0 Å². The van der Waals surface area contributed by atoms with Crippen molar-refractivity contribution in [1.29, 1.82) is 0 Å². The summed E-state index contributed by atoms with van der Waals surface area (Å²) in [6.07, 6.45) is 10.4. The molecule has 0 saturated heterocycles. The van der Waals surface area contributed by atoms with E-state index in [4.69, 9.17) is 12.8 Å². The lowest BCUT2D eigenvalue weighted by Crippen LogP contribution is -1.65. The standard InChI is InChI=1S/C9H6S/c1-4-8-6-7(3)9(5-2)10-8/h1-2,6H,3H3. The van der Waals surface area contributed by atoms with Crippen molar-refractivity contribution >= 4 is 11.3 Å². The summed E-state index contributed by atoms with van der Waals surface area (Å²) in [4.78, 5) is 1.85. The van der Waals surface area contributed by atoms with Crippen molar-refractivity contribution in [3.05, 3.63) is 21.4 Å². The minimum atomic E-state index is 0.908. The van der Waals surface area contributed by atoms with Crippen LogP contribution in [-0.2, 0) is 0 Å². The van der Waals surface area contributed by atoms with Crippen LogP contribution in [0.4, 0.5) is 0 Å². The molecule has 1 aromatic rings. The van der Waals surface area contributed by atoms with Gasteiger partial charge in [-0.15, -0.1) is 24.2 Å². The summed E-state index contributed by atoms with van der Waals surface area (Å²) in [6.45, 7) is 1.96. The highest BCUT2D eigenvalue weighted by Crippen LogP contribution is 2.19. The molecule has 0 aliphatic heterocycles. The third-order valence-electron chi connectivity index (χ3n) is 1.19. The number of aryl methyl sites for hydroxylation is 1. The van der Waals surface area contributed by atoms with Gasteiger partial charge in [0, 0.05) is 0 Å². The molecular formula is C9H6S. The first-order chi connectivity index (χ1) is 4.77. The van der Waals surface area contributed by atoms with Crippen LogP contribution in [0.3, 0.4) is 0 Å². The van der Waals surface area contributed by atoms with Crippen LogP contribution in [0.1, 0.15) is 15.3 Å². The molecule has 0 nitrogen and oxygen atoms in total. The Morgan fingerprint density at radius 1 is 1.40 bits per heavy atom. The molecule has 10 heavy (non-hydrogen) atoms. The van der Waals surface area contributed by atoms with E-state index in [0.717, 1.165) is 15.3 Å². The zero-order chi connectivity index (χ0) is 7.56. The van der Waals surface area contributed by atoms with Gasteiger partial charge in [-0.1, -0.05) is 11.8 Å². The van der Waals surface area contributed by atoms with Crippen LogP contribution >= 0.6 is 11.3 Å². The molecule has 0 radical (unpaired) electrons. The lowest BCUT2D eigenvalue weighted by molar-refractivity contribution is 1.52. The minimum absolute atomic E-state index is 0.908. The second kappa shape index (κ2) is 2.60. The molecule has 0 fully saturated rings. The van der Waals surface area contributed by atoms with Crippen molar-refractivity contribution in [2.75, 3.05) is 0 Å². The molecule has 0 saturated carbocycles. The Balaban J connectivity index is 3.23. The van der Waals surface area contributed by atoms with Crippen molar-refractivity contribution in [1.82, 2.24) is 0 Å². The molecule has 0 N–H and O–H groups in total. The van der Waals surface area contributed by atoms with E-state index >= 15 is 0 Å². The summed E-state index contributed by atoms with van der Waals surface area (Å²) in [5, 5.41) is 0. The molecule has 0 amide bonds. The van der Waals surface area contributed by atoms with Gasteiger partial charge in [0.2, 0.25) is 0 Å². The van der Waals surface area contributed by atoms with Gasteiger partial charge in [-0.05, 0) is 18.6 Å². The summed E-state index contributed by atoms with van der Waals surface area (Å²) in [7, 11) is 0. The molecule has 1 heteroatoms. The summed E-state index contributed by atoms with van der Waals surface area (Å²) < 4.78 is 0. The lowest BCUT2D eigenvalue weighted by atomic mass is 10.3. The van der Waals surface area contributed by atoms with Crippen LogP contribution in [0.25, 0.3) is 0 Å². The average molecular weight is 146 g/mol. The molecule has 0 spiro atoms. The predicted molar refractivity (Wildman–Crippen MR) is 44.9 cm³/mol. The van der Waals surface area contributed by atoms with Gasteiger partial charge >= 0.3 is 0 Å². The van der Waals surface area contributed by atoms with Gasteiger partial charge in [-0.3, -0.25) is 0 Å². The number of rotatable bonds is 0. The van der Waals surface area contributed by atoms with Gasteiger partial charge in [0.25, 0.3) is 0 Å². The highest BCUT2D eigenvalue weighted by Gasteiger charge is 1.98. The molecule has 1 rings (SSSR count). The third kappa shape index (κ3) is 1.05. The van der Waals surface area contributed by atoms with Crippen molar-refractivity contribution in [2.45, 2.75) is 6.92 Å². The average Bonchev–Trinajstić information content (AvgIpc) is 2.30. The Bertz CT molecular complexity index is 317. The highest BCUT2D eigenvalue weighted by molar-refractivity contribution is 7.13. The van der Waals surface area contributed by atoms with Gasteiger partial charge in [0.05, 0.1) is 9.75 Å². The molecule has 48 valence electrons. The van der Waals surface area contributed by atoms with E-state index in [1.165, 1.54) is 11.3 Å². The van der Waals surface area contributed by atoms with E-state index in [1.54, 1.807) is 0 Å². The molecule has 0 unspecified atom stereocenters. The largest absolute Gasteiger partial charge is 0.118 e. The first-order valence-corrected chi connectivity index (χ1v) is 3.63. The summed E-state index contributed by atoms with van der Waals surface area (Å²) in [6, 6.07) is 1.93. The van der Waals surface area contributed by atoms with E-state index in [0.29, 0.717) is 0 Å². The fourth-order valence-electron chi connectivity index (χ4n) is 0.697. The molecule has 0 aromatic carbocycles. The van der Waals surface area contributed by atoms with Crippen LogP contribution in [0.15, 0.2) is 6.07 Å². The summed E-state index contributed by atoms with van der Waals surface area (Å²) in [5.74, 6) is 5.12. The van der Waals surface area contributed by atoms with Gasteiger partial charge in [0.15, 0.2) is 0 Å². The molecular weight excluding hydrogens is 140 g/mol. The topological polar surface area (TPSA) is 0 Å². The van der Waals surface area contributed by atoms with Gasteiger partial charge in [-0.25, -0.2) is 0 Å². The Morgan fingerprint density at radius 3 is 2.40 bits per heavy atom. The maximum Gasteiger partial charge on any atom is 0.0808 e. The maximum absolute atomic E-state index is 5.21. The molecule has 0 aliphatic carbocycles. The number of hydrogen-bond donors (Lipinski definition) is 0. The van der Waals surface area contributed by atoms with Crippen LogP contribution in [0.2, 0.25) is 0 Å². The molecule has 0 bridgehead atoms. The van der Waals surface area contributed by atoms with Gasteiger partial charge < -0.3 is 0 Å². The fourth-order valence-corrected chi connectivity index (χ4v) is 1.49. The number of hydrogen-bond acceptors (Lipinski definition) is 1. The SMILES string of the molecule is C#Cc1cc(C)c(C#C)s1. The van der Waals surface area contributed by atoms with Crippen LogP contribution in [0, 0.1) is 31.6 Å². The lowest BCUT2D eigenvalue weighted by Gasteiger charge is -1.79. The second-order valence-electron chi connectivity index (χ2n) is 1.91. The first-order valence-electron chi connectivity index (χ1n) is 2.81. The Labute approximate surface area is 64.9 Å². The predicted octanol–water partition coefficient (Wildman–Crippen LogP) is 2.02. The summed E-state index contributed by atoms with van der Waals surface area (Å²) >= 11 is 1.49. The smallest absolute Gasteiger partial charge is 0.0808 e. The molecule has 1 heterocycles. The van der Waals surface area contributed by atoms with E-state index < -0.39 is 0 Å². The minimum Gasteiger partial charge on any atom is -0.118 e. The fraction of sp³-hybridized carbons (Fsp3) is 0.111. The molecule has 0 atom stereocenters. The molecule has 0 aliphatic rings. The monoisotopic (exact) mass is 146 g/mol. The van der Waals surface area contributed by atoms with Crippen LogP contribution in [0.5, 0.6) is 0 Å². The van der Waals surface area contributed by atoms with Gasteiger partial charge in [-0.2, -0.15) is 0 Å². The number of terminal acetylenes is 2. The van der Waals surface area contributed by atoms with E-state index in [2.05, 4.69) is 11.8 Å². The normalized spacial score (nSPS) is 8.30. The van der Waals surface area contributed by atoms with Crippen molar-refractivity contribution in [3.63, 3.8) is 0 Å². The highest BCUT2D eigenvalue weighted by atomic mass is 32.1. The zero-order valence-corrected chi connectivity index (χ0v) is 6.46. The zero-order valence-electron chi connectivity index (χ0n) is 5.64. The van der Waals surface area contributed by atoms with Crippen LogP contribution < -0.4 is 0 Å². The van der Waals surface area contributed by atoms with Crippen molar-refractivity contribution in [2.24, 2.45) is 0 Å².